The van der Waals surface area contributed by atoms with Crippen LogP contribution in [0.4, 0.5) is 0 Å². The molecule has 0 aromatic heterocycles. The molecule has 2 nitrogen and oxygen atoms in total. The van der Waals surface area contributed by atoms with E-state index in [0.717, 1.165) is 11.1 Å². The highest BCUT2D eigenvalue weighted by molar-refractivity contribution is 5.97. The van der Waals surface area contributed by atoms with Gasteiger partial charge in [0.15, 0.2) is 5.78 Å². The Morgan fingerprint density at radius 3 is 2.22 bits per heavy atom. The number of ether oxygens (including phenoxy) is 1. The van der Waals surface area contributed by atoms with Gasteiger partial charge in [0.1, 0.15) is 5.75 Å². The molecule has 2 heteroatoms. The molecule has 0 heterocycles. The van der Waals surface area contributed by atoms with Crippen molar-refractivity contribution in [2.24, 2.45) is 0 Å². The molecular weight excluding hydrogens is 224 g/mol. The van der Waals surface area contributed by atoms with Crippen molar-refractivity contribution in [1.82, 2.24) is 0 Å². The summed E-state index contributed by atoms with van der Waals surface area (Å²) in [6.07, 6.45) is 0. The minimum Gasteiger partial charge on any atom is -0.496 e. The number of benzene rings is 2. The average Bonchev–Trinajstić information content (AvgIpc) is 2.39. The molecule has 18 heavy (non-hydrogen) atoms. The third kappa shape index (κ3) is 2.77. The standard InChI is InChI=1S/C15H14O2.CH4/c1-11(16)14-9-8-13(10-15(14)17-2)12-6-4-3-5-7-12;/h3-10H,1-2H3;1H4. The summed E-state index contributed by atoms with van der Waals surface area (Å²) in [5.74, 6) is 0.639. The summed E-state index contributed by atoms with van der Waals surface area (Å²) >= 11 is 0. The smallest absolute Gasteiger partial charge is 0.163 e. The van der Waals surface area contributed by atoms with Crippen LogP contribution in [0.5, 0.6) is 5.75 Å². The van der Waals surface area contributed by atoms with Gasteiger partial charge < -0.3 is 4.74 Å². The van der Waals surface area contributed by atoms with Crippen LogP contribution in [0.15, 0.2) is 48.5 Å². The number of ketones is 1. The van der Waals surface area contributed by atoms with E-state index in [1.54, 1.807) is 14.0 Å². The van der Waals surface area contributed by atoms with E-state index in [1.807, 2.05) is 48.5 Å². The maximum absolute atomic E-state index is 11.4. The van der Waals surface area contributed by atoms with Crippen LogP contribution < -0.4 is 4.74 Å². The molecule has 2 aromatic carbocycles. The highest BCUT2D eigenvalue weighted by atomic mass is 16.5. The van der Waals surface area contributed by atoms with Crippen LogP contribution in [-0.4, -0.2) is 12.9 Å². The van der Waals surface area contributed by atoms with Crippen LogP contribution in [0.1, 0.15) is 24.7 Å². The van der Waals surface area contributed by atoms with Crippen molar-refractivity contribution in [3.05, 3.63) is 54.1 Å². The molecule has 0 unspecified atom stereocenters. The quantitative estimate of drug-likeness (QED) is 0.754. The molecule has 2 rings (SSSR count). The normalized spacial score (nSPS) is 9.44. The fourth-order valence-electron chi connectivity index (χ4n) is 1.79. The second kappa shape index (κ2) is 6.01. The molecule has 0 amide bonds. The molecule has 0 aliphatic heterocycles. The largest absolute Gasteiger partial charge is 0.496 e. The van der Waals surface area contributed by atoms with Crippen LogP contribution in [0, 0.1) is 0 Å². The van der Waals surface area contributed by atoms with Crippen molar-refractivity contribution in [2.45, 2.75) is 14.4 Å². The average molecular weight is 242 g/mol. The zero-order chi connectivity index (χ0) is 12.3. The Balaban J connectivity index is 0.00000162. The maximum atomic E-state index is 11.4. The Bertz CT molecular complexity index is 530. The van der Waals surface area contributed by atoms with Gasteiger partial charge in [0.05, 0.1) is 12.7 Å². The molecule has 0 atom stereocenters. The lowest BCUT2D eigenvalue weighted by molar-refractivity contribution is 0.101. The van der Waals surface area contributed by atoms with E-state index in [0.29, 0.717) is 11.3 Å². The molecule has 0 fully saturated rings. The highest BCUT2D eigenvalue weighted by Crippen LogP contribution is 2.27. The molecule has 0 saturated heterocycles. The number of Topliss-reactive ketones (excluding diaryl/α,β-unsaturated/α-hetero) is 1. The Hall–Kier alpha value is -2.09. The number of carbonyl (C=O) groups excluding carboxylic acids is 1. The molecule has 0 radical (unpaired) electrons. The Labute approximate surface area is 108 Å². The third-order valence-corrected chi connectivity index (χ3v) is 2.69. The van der Waals surface area contributed by atoms with E-state index in [4.69, 9.17) is 4.74 Å². The summed E-state index contributed by atoms with van der Waals surface area (Å²) in [5.41, 5.74) is 2.78. The van der Waals surface area contributed by atoms with Gasteiger partial charge in [0.25, 0.3) is 0 Å². The van der Waals surface area contributed by atoms with Gasteiger partial charge in [-0.3, -0.25) is 4.79 Å². The number of hydrogen-bond acceptors (Lipinski definition) is 2. The van der Waals surface area contributed by atoms with Crippen molar-refractivity contribution in [3.63, 3.8) is 0 Å². The zero-order valence-electron chi connectivity index (χ0n) is 9.94. The lowest BCUT2D eigenvalue weighted by Gasteiger charge is -2.08. The van der Waals surface area contributed by atoms with Gasteiger partial charge in [-0.2, -0.15) is 0 Å². The fraction of sp³-hybridized carbons (Fsp3) is 0.188. The molecule has 0 N–H and O–H groups in total. The molecule has 0 aliphatic carbocycles. The lowest BCUT2D eigenvalue weighted by atomic mass is 10.0. The van der Waals surface area contributed by atoms with E-state index >= 15 is 0 Å². The van der Waals surface area contributed by atoms with E-state index in [2.05, 4.69) is 0 Å². The van der Waals surface area contributed by atoms with Gasteiger partial charge in [-0.15, -0.1) is 0 Å². The van der Waals surface area contributed by atoms with Gasteiger partial charge >= 0.3 is 0 Å². The summed E-state index contributed by atoms with van der Waals surface area (Å²) < 4.78 is 5.25. The highest BCUT2D eigenvalue weighted by Gasteiger charge is 2.09. The molecule has 94 valence electrons. The zero-order valence-corrected chi connectivity index (χ0v) is 9.94. The van der Waals surface area contributed by atoms with Crippen LogP contribution in [-0.2, 0) is 0 Å². The molecule has 0 bridgehead atoms. The summed E-state index contributed by atoms with van der Waals surface area (Å²) in [7, 11) is 1.58. The lowest BCUT2D eigenvalue weighted by Crippen LogP contribution is -1.97. The second-order valence-corrected chi connectivity index (χ2v) is 3.84. The first-order chi connectivity index (χ1) is 8.22. The number of rotatable bonds is 3. The topological polar surface area (TPSA) is 26.3 Å². The summed E-state index contributed by atoms with van der Waals surface area (Å²) in [5, 5.41) is 0. The Morgan fingerprint density at radius 1 is 1.00 bits per heavy atom. The minimum absolute atomic E-state index is 0. The van der Waals surface area contributed by atoms with Crippen molar-refractivity contribution >= 4 is 5.78 Å². The van der Waals surface area contributed by atoms with E-state index in [-0.39, 0.29) is 13.2 Å². The van der Waals surface area contributed by atoms with Gasteiger partial charge in [-0.25, -0.2) is 0 Å². The van der Waals surface area contributed by atoms with Crippen molar-refractivity contribution in [3.8, 4) is 16.9 Å². The van der Waals surface area contributed by atoms with Gasteiger partial charge in [-0.1, -0.05) is 43.8 Å². The number of methoxy groups -OCH3 is 1. The van der Waals surface area contributed by atoms with Crippen LogP contribution in [0.25, 0.3) is 11.1 Å². The molecule has 0 saturated carbocycles. The number of carbonyl (C=O) groups is 1. The van der Waals surface area contributed by atoms with E-state index in [1.165, 1.54) is 0 Å². The Kier molecular flexibility index (Phi) is 4.67. The molecule has 0 aliphatic rings. The van der Waals surface area contributed by atoms with Crippen LogP contribution in [0.2, 0.25) is 0 Å². The monoisotopic (exact) mass is 242 g/mol. The molecular formula is C16H18O2. The minimum atomic E-state index is 0. The Morgan fingerprint density at radius 2 is 1.67 bits per heavy atom. The molecule has 2 aromatic rings. The van der Waals surface area contributed by atoms with Crippen LogP contribution >= 0.6 is 0 Å². The van der Waals surface area contributed by atoms with Gasteiger partial charge in [0.2, 0.25) is 0 Å². The van der Waals surface area contributed by atoms with E-state index in [9.17, 15) is 4.79 Å². The summed E-state index contributed by atoms with van der Waals surface area (Å²) in [6.45, 7) is 1.54. The van der Waals surface area contributed by atoms with Crippen molar-refractivity contribution in [1.29, 1.82) is 0 Å². The first-order valence-corrected chi connectivity index (χ1v) is 5.47. The predicted molar refractivity (Wildman–Crippen MR) is 75.2 cm³/mol. The van der Waals surface area contributed by atoms with Gasteiger partial charge in [0, 0.05) is 0 Å². The fourth-order valence-corrected chi connectivity index (χ4v) is 1.79. The second-order valence-electron chi connectivity index (χ2n) is 3.84. The first-order valence-electron chi connectivity index (χ1n) is 5.47. The first kappa shape index (κ1) is 14.0. The summed E-state index contributed by atoms with van der Waals surface area (Å²) in [4.78, 5) is 11.4. The number of hydrogen-bond donors (Lipinski definition) is 0. The summed E-state index contributed by atoms with van der Waals surface area (Å²) in [6, 6.07) is 15.7. The SMILES string of the molecule is C.COc1cc(-c2ccccc2)ccc1C(C)=O. The third-order valence-electron chi connectivity index (χ3n) is 2.69. The maximum Gasteiger partial charge on any atom is 0.163 e. The van der Waals surface area contributed by atoms with Gasteiger partial charge in [-0.05, 0) is 30.2 Å². The molecule has 0 spiro atoms. The van der Waals surface area contributed by atoms with Crippen molar-refractivity contribution in [2.75, 3.05) is 7.11 Å². The van der Waals surface area contributed by atoms with Crippen LogP contribution in [0.3, 0.4) is 0 Å². The van der Waals surface area contributed by atoms with E-state index < -0.39 is 0 Å². The predicted octanol–water partition coefficient (Wildman–Crippen LogP) is 4.20. The van der Waals surface area contributed by atoms with Crippen molar-refractivity contribution < 1.29 is 9.53 Å².